The topological polar surface area (TPSA) is 67.6 Å². The number of H-pyrrole nitrogens is 1. The van der Waals surface area contributed by atoms with E-state index in [9.17, 15) is 0 Å². The molecule has 0 aliphatic heterocycles. The summed E-state index contributed by atoms with van der Waals surface area (Å²) < 4.78 is 0. The molecule has 0 saturated carbocycles. The molecular formula is C13H12N4. The number of nitrogens with two attached hydrogens (primary N) is 1. The Morgan fingerprint density at radius 3 is 2.88 bits per heavy atom. The molecule has 84 valence electrons. The number of nitrogens with one attached hydrogen (secondary N) is 1. The van der Waals surface area contributed by atoms with Crippen LogP contribution in [-0.4, -0.2) is 15.0 Å². The molecule has 4 heteroatoms. The number of aromatic nitrogens is 3. The number of anilines is 1. The Hall–Kier alpha value is -2.36. The molecule has 1 aromatic carbocycles. The predicted octanol–water partition coefficient (Wildman–Crippen LogP) is 2.52. The van der Waals surface area contributed by atoms with Gasteiger partial charge >= 0.3 is 0 Å². The van der Waals surface area contributed by atoms with Gasteiger partial charge in [-0.25, -0.2) is 4.98 Å². The summed E-state index contributed by atoms with van der Waals surface area (Å²) in [5.74, 6) is 0.821. The van der Waals surface area contributed by atoms with Crippen molar-refractivity contribution in [3.05, 3.63) is 42.2 Å². The van der Waals surface area contributed by atoms with E-state index < -0.39 is 0 Å². The van der Waals surface area contributed by atoms with E-state index in [4.69, 9.17) is 5.73 Å². The first-order chi connectivity index (χ1) is 8.22. The van der Waals surface area contributed by atoms with Crippen LogP contribution >= 0.6 is 0 Å². The van der Waals surface area contributed by atoms with Crippen LogP contribution in [0.15, 0.2) is 36.7 Å². The van der Waals surface area contributed by atoms with Crippen molar-refractivity contribution in [3.63, 3.8) is 0 Å². The van der Waals surface area contributed by atoms with E-state index in [1.54, 1.807) is 6.20 Å². The summed E-state index contributed by atoms with van der Waals surface area (Å²) in [6.07, 6.45) is 3.62. The summed E-state index contributed by atoms with van der Waals surface area (Å²) >= 11 is 0. The number of aromatic amines is 1. The second-order valence-corrected chi connectivity index (χ2v) is 4.11. The molecule has 2 aromatic heterocycles. The summed E-state index contributed by atoms with van der Waals surface area (Å²) in [5.41, 5.74) is 10.4. The van der Waals surface area contributed by atoms with Crippen molar-refractivity contribution in [1.82, 2.24) is 15.0 Å². The van der Waals surface area contributed by atoms with Crippen LogP contribution in [0.2, 0.25) is 0 Å². The molecule has 17 heavy (non-hydrogen) atoms. The Kier molecular flexibility index (Phi) is 2.08. The molecule has 0 aliphatic rings. The normalized spacial score (nSPS) is 10.9. The third-order valence-electron chi connectivity index (χ3n) is 2.65. The van der Waals surface area contributed by atoms with Gasteiger partial charge in [0.1, 0.15) is 5.82 Å². The maximum atomic E-state index is 5.74. The van der Waals surface area contributed by atoms with Gasteiger partial charge in [-0.2, -0.15) is 0 Å². The van der Waals surface area contributed by atoms with Crippen LogP contribution in [0.1, 0.15) is 5.56 Å². The van der Waals surface area contributed by atoms with Crippen molar-refractivity contribution in [1.29, 1.82) is 0 Å². The predicted molar refractivity (Wildman–Crippen MR) is 68.5 cm³/mol. The fraction of sp³-hybridized carbons (Fsp3) is 0.0769. The second kappa shape index (κ2) is 3.59. The first-order valence-electron chi connectivity index (χ1n) is 5.40. The highest BCUT2D eigenvalue weighted by Crippen LogP contribution is 2.21. The van der Waals surface area contributed by atoms with Crippen molar-refractivity contribution >= 4 is 16.7 Å². The Labute approximate surface area is 98.5 Å². The molecule has 0 atom stereocenters. The zero-order valence-electron chi connectivity index (χ0n) is 9.44. The number of hydrogen-bond acceptors (Lipinski definition) is 3. The van der Waals surface area contributed by atoms with Gasteiger partial charge in [0.2, 0.25) is 0 Å². The maximum Gasteiger partial charge on any atom is 0.140 e. The summed E-state index contributed by atoms with van der Waals surface area (Å²) in [6, 6.07) is 7.69. The second-order valence-electron chi connectivity index (χ2n) is 4.11. The number of aryl methyl sites for hydroxylation is 1. The smallest absolute Gasteiger partial charge is 0.140 e. The van der Waals surface area contributed by atoms with Gasteiger partial charge in [0.15, 0.2) is 0 Å². The van der Waals surface area contributed by atoms with E-state index in [-0.39, 0.29) is 0 Å². The van der Waals surface area contributed by atoms with E-state index >= 15 is 0 Å². The van der Waals surface area contributed by atoms with Crippen molar-refractivity contribution < 1.29 is 0 Å². The third-order valence-corrected chi connectivity index (χ3v) is 2.65. The fourth-order valence-electron chi connectivity index (χ4n) is 1.85. The van der Waals surface area contributed by atoms with Gasteiger partial charge in [-0.05, 0) is 36.8 Å². The number of fused-ring (bicyclic) bond motifs is 1. The van der Waals surface area contributed by atoms with Crippen LogP contribution in [0.25, 0.3) is 22.4 Å². The lowest BCUT2D eigenvalue weighted by Crippen LogP contribution is -1.83. The molecule has 0 bridgehead atoms. The SMILES string of the molecule is Cc1cncc(-c2nc3ccc(N)cc3[nH]2)c1. The average Bonchev–Trinajstić information content (AvgIpc) is 2.72. The largest absolute Gasteiger partial charge is 0.399 e. The summed E-state index contributed by atoms with van der Waals surface area (Å²) in [5, 5.41) is 0. The van der Waals surface area contributed by atoms with E-state index in [0.29, 0.717) is 0 Å². The number of nitrogens with zero attached hydrogens (tertiary/aromatic N) is 2. The van der Waals surface area contributed by atoms with Gasteiger partial charge in [-0.15, -0.1) is 0 Å². The van der Waals surface area contributed by atoms with Crippen molar-refractivity contribution in [3.8, 4) is 11.4 Å². The minimum atomic E-state index is 0.732. The van der Waals surface area contributed by atoms with Crippen molar-refractivity contribution in [2.24, 2.45) is 0 Å². The monoisotopic (exact) mass is 224 g/mol. The first kappa shape index (κ1) is 9.84. The van der Waals surface area contributed by atoms with Gasteiger partial charge in [-0.1, -0.05) is 0 Å². The minimum absolute atomic E-state index is 0.732. The zero-order valence-corrected chi connectivity index (χ0v) is 9.44. The van der Waals surface area contributed by atoms with Gasteiger partial charge in [0.05, 0.1) is 11.0 Å². The number of nitrogen functional groups attached to an aromatic ring is 1. The van der Waals surface area contributed by atoms with Crippen molar-refractivity contribution in [2.75, 3.05) is 5.73 Å². The average molecular weight is 224 g/mol. The lowest BCUT2D eigenvalue weighted by molar-refractivity contribution is 1.24. The molecule has 4 nitrogen and oxygen atoms in total. The maximum absolute atomic E-state index is 5.74. The molecule has 0 fully saturated rings. The number of hydrogen-bond donors (Lipinski definition) is 2. The molecule has 3 N–H and O–H groups in total. The Bertz CT molecular complexity index is 685. The molecule has 0 radical (unpaired) electrons. The highest BCUT2D eigenvalue weighted by atomic mass is 14.9. The van der Waals surface area contributed by atoms with Crippen molar-refractivity contribution in [2.45, 2.75) is 6.92 Å². The Morgan fingerprint density at radius 2 is 2.06 bits per heavy atom. The highest BCUT2D eigenvalue weighted by molar-refractivity contribution is 5.82. The van der Waals surface area contributed by atoms with Gasteiger partial charge < -0.3 is 10.7 Å². The summed E-state index contributed by atoms with van der Waals surface area (Å²) in [6.45, 7) is 2.01. The van der Waals surface area contributed by atoms with Gasteiger partial charge in [0.25, 0.3) is 0 Å². The van der Waals surface area contributed by atoms with E-state index in [2.05, 4.69) is 15.0 Å². The Morgan fingerprint density at radius 1 is 1.18 bits per heavy atom. The van der Waals surface area contributed by atoms with Gasteiger partial charge in [0, 0.05) is 23.6 Å². The zero-order chi connectivity index (χ0) is 11.8. The molecule has 0 saturated heterocycles. The molecule has 0 amide bonds. The lowest BCUT2D eigenvalue weighted by atomic mass is 10.2. The number of imidazole rings is 1. The summed E-state index contributed by atoms with van der Waals surface area (Å²) in [7, 11) is 0. The quantitative estimate of drug-likeness (QED) is 0.624. The van der Waals surface area contributed by atoms with Crippen LogP contribution in [0.3, 0.4) is 0 Å². The van der Waals surface area contributed by atoms with E-state index in [1.165, 1.54) is 0 Å². The molecule has 3 aromatic rings. The number of rotatable bonds is 1. The third kappa shape index (κ3) is 1.73. The minimum Gasteiger partial charge on any atom is -0.399 e. The highest BCUT2D eigenvalue weighted by Gasteiger charge is 2.05. The van der Waals surface area contributed by atoms with E-state index in [1.807, 2.05) is 37.4 Å². The molecule has 3 rings (SSSR count). The van der Waals surface area contributed by atoms with E-state index in [0.717, 1.165) is 33.7 Å². The fourth-order valence-corrected chi connectivity index (χ4v) is 1.85. The first-order valence-corrected chi connectivity index (χ1v) is 5.40. The van der Waals surface area contributed by atoms with Crippen LogP contribution < -0.4 is 5.73 Å². The number of benzene rings is 1. The van der Waals surface area contributed by atoms with Crippen LogP contribution in [0, 0.1) is 6.92 Å². The lowest BCUT2D eigenvalue weighted by Gasteiger charge is -1.96. The van der Waals surface area contributed by atoms with Crippen LogP contribution in [0.4, 0.5) is 5.69 Å². The molecule has 0 unspecified atom stereocenters. The van der Waals surface area contributed by atoms with Gasteiger partial charge in [-0.3, -0.25) is 4.98 Å². The molecule has 0 spiro atoms. The molecule has 2 heterocycles. The standard InChI is InChI=1S/C13H12N4/c1-8-4-9(7-15-6-8)13-16-11-3-2-10(14)5-12(11)17-13/h2-7H,14H2,1H3,(H,16,17). The van der Waals surface area contributed by atoms with Crippen LogP contribution in [0.5, 0.6) is 0 Å². The Balaban J connectivity index is 2.18. The summed E-state index contributed by atoms with van der Waals surface area (Å²) in [4.78, 5) is 11.9. The van der Waals surface area contributed by atoms with Crippen LogP contribution in [-0.2, 0) is 0 Å². The molecule has 0 aliphatic carbocycles. The molecular weight excluding hydrogens is 212 g/mol. The number of pyridine rings is 1.